The summed E-state index contributed by atoms with van der Waals surface area (Å²) in [5.41, 5.74) is 8.60. The monoisotopic (exact) mass is 370 g/mol. The highest BCUT2D eigenvalue weighted by Crippen LogP contribution is 2.27. The van der Waals surface area contributed by atoms with Crippen LogP contribution in [0.25, 0.3) is 0 Å². The minimum atomic E-state index is 0.959. The summed E-state index contributed by atoms with van der Waals surface area (Å²) in [6, 6.07) is 2.26. The SMILES string of the molecule is C=C1CCC(C)CC1.CC1CCC(C)CC1.Cc1cc(C)c(C)c(C)c1C. The zero-order valence-electron chi connectivity index (χ0n) is 19.7. The Bertz CT molecular complexity index is 538. The van der Waals surface area contributed by atoms with Gasteiger partial charge in [0, 0.05) is 0 Å². The average molecular weight is 371 g/mol. The molecule has 2 saturated carbocycles. The molecular weight excluding hydrogens is 324 g/mol. The Kier molecular flexibility index (Phi) is 10.4. The van der Waals surface area contributed by atoms with E-state index in [1.165, 1.54) is 84.8 Å². The van der Waals surface area contributed by atoms with Crippen LogP contribution < -0.4 is 0 Å². The summed E-state index contributed by atoms with van der Waals surface area (Å²) in [4.78, 5) is 0. The second kappa shape index (κ2) is 11.7. The first-order valence-corrected chi connectivity index (χ1v) is 11.3. The van der Waals surface area contributed by atoms with Gasteiger partial charge in [0.25, 0.3) is 0 Å². The van der Waals surface area contributed by atoms with Gasteiger partial charge in [-0.3, -0.25) is 0 Å². The first kappa shape index (κ1) is 24.0. The molecule has 1 aromatic carbocycles. The number of rotatable bonds is 0. The molecule has 154 valence electrons. The number of allylic oxidation sites excluding steroid dienone is 1. The lowest BCUT2D eigenvalue weighted by molar-refractivity contribution is 0.308. The zero-order valence-corrected chi connectivity index (χ0v) is 19.7. The lowest BCUT2D eigenvalue weighted by Crippen LogP contribution is -2.08. The van der Waals surface area contributed by atoms with Gasteiger partial charge in [-0.05, 0) is 106 Å². The van der Waals surface area contributed by atoms with Crippen molar-refractivity contribution in [2.24, 2.45) is 17.8 Å². The van der Waals surface area contributed by atoms with Crippen LogP contribution in [-0.2, 0) is 0 Å². The molecule has 0 saturated heterocycles. The van der Waals surface area contributed by atoms with Gasteiger partial charge in [-0.25, -0.2) is 0 Å². The van der Waals surface area contributed by atoms with Gasteiger partial charge in [0.2, 0.25) is 0 Å². The summed E-state index contributed by atoms with van der Waals surface area (Å²) >= 11 is 0. The minimum Gasteiger partial charge on any atom is -0.0999 e. The summed E-state index contributed by atoms with van der Waals surface area (Å²) in [6.07, 6.45) is 11.2. The molecule has 0 unspecified atom stereocenters. The first-order valence-electron chi connectivity index (χ1n) is 11.3. The Morgan fingerprint density at radius 3 is 1.26 bits per heavy atom. The number of benzene rings is 1. The van der Waals surface area contributed by atoms with E-state index >= 15 is 0 Å². The molecule has 0 nitrogen and oxygen atoms in total. The van der Waals surface area contributed by atoms with Gasteiger partial charge in [0.05, 0.1) is 0 Å². The average Bonchev–Trinajstić information content (AvgIpc) is 2.64. The summed E-state index contributed by atoms with van der Waals surface area (Å²) in [5.74, 6) is 3.00. The van der Waals surface area contributed by atoms with E-state index in [9.17, 15) is 0 Å². The maximum atomic E-state index is 3.95. The van der Waals surface area contributed by atoms with Crippen LogP contribution in [0.4, 0.5) is 0 Å². The lowest BCUT2D eigenvalue weighted by atomic mass is 9.84. The van der Waals surface area contributed by atoms with Crippen LogP contribution >= 0.6 is 0 Å². The highest BCUT2D eigenvalue weighted by atomic mass is 14.2. The molecule has 2 aliphatic rings. The molecule has 0 aromatic heterocycles. The maximum Gasteiger partial charge on any atom is -0.0320 e. The van der Waals surface area contributed by atoms with Crippen LogP contribution in [0.15, 0.2) is 18.2 Å². The summed E-state index contributed by atoms with van der Waals surface area (Å²) < 4.78 is 0. The van der Waals surface area contributed by atoms with Crippen LogP contribution in [-0.4, -0.2) is 0 Å². The van der Waals surface area contributed by atoms with Gasteiger partial charge in [0.1, 0.15) is 0 Å². The molecule has 0 spiro atoms. The Morgan fingerprint density at radius 2 is 0.926 bits per heavy atom. The minimum absolute atomic E-state index is 0.959. The summed E-state index contributed by atoms with van der Waals surface area (Å²) in [5, 5.41) is 0. The Labute approximate surface area is 170 Å². The first-order chi connectivity index (χ1) is 12.6. The van der Waals surface area contributed by atoms with E-state index in [4.69, 9.17) is 0 Å². The predicted molar refractivity (Wildman–Crippen MR) is 124 cm³/mol. The Hall–Kier alpha value is -1.04. The molecule has 2 aliphatic carbocycles. The van der Waals surface area contributed by atoms with E-state index in [0.717, 1.165) is 17.8 Å². The quantitative estimate of drug-likeness (QED) is 0.400. The molecule has 0 heteroatoms. The second-order valence-electron chi connectivity index (χ2n) is 9.68. The van der Waals surface area contributed by atoms with Gasteiger partial charge in [-0.1, -0.05) is 64.7 Å². The molecule has 0 heterocycles. The molecule has 0 atom stereocenters. The van der Waals surface area contributed by atoms with E-state index in [-0.39, 0.29) is 0 Å². The van der Waals surface area contributed by atoms with Crippen LogP contribution in [0.3, 0.4) is 0 Å². The van der Waals surface area contributed by atoms with Gasteiger partial charge in [0.15, 0.2) is 0 Å². The number of hydrogen-bond donors (Lipinski definition) is 0. The van der Waals surface area contributed by atoms with Gasteiger partial charge >= 0.3 is 0 Å². The zero-order chi connectivity index (χ0) is 20.6. The summed E-state index contributed by atoms with van der Waals surface area (Å²) in [6.45, 7) is 21.9. The van der Waals surface area contributed by atoms with Crippen molar-refractivity contribution in [3.8, 4) is 0 Å². The number of aryl methyl sites for hydroxylation is 2. The molecular formula is C27H46. The van der Waals surface area contributed by atoms with Crippen molar-refractivity contribution in [3.05, 3.63) is 46.0 Å². The van der Waals surface area contributed by atoms with Crippen molar-refractivity contribution in [1.29, 1.82) is 0 Å². The Morgan fingerprint density at radius 1 is 0.593 bits per heavy atom. The molecule has 0 radical (unpaired) electrons. The van der Waals surface area contributed by atoms with Crippen LogP contribution in [0, 0.1) is 52.4 Å². The topological polar surface area (TPSA) is 0 Å². The van der Waals surface area contributed by atoms with Gasteiger partial charge in [-0.2, -0.15) is 0 Å². The lowest BCUT2D eigenvalue weighted by Gasteiger charge is -2.22. The van der Waals surface area contributed by atoms with Gasteiger partial charge < -0.3 is 0 Å². The van der Waals surface area contributed by atoms with Crippen molar-refractivity contribution in [3.63, 3.8) is 0 Å². The van der Waals surface area contributed by atoms with Gasteiger partial charge in [-0.15, -0.1) is 0 Å². The molecule has 0 N–H and O–H groups in total. The van der Waals surface area contributed by atoms with Crippen molar-refractivity contribution in [1.82, 2.24) is 0 Å². The highest BCUT2D eigenvalue weighted by Gasteiger charge is 2.13. The normalized spacial score (nSPS) is 23.0. The molecule has 0 bridgehead atoms. The van der Waals surface area contributed by atoms with E-state index < -0.39 is 0 Å². The standard InChI is InChI=1S/C11H16.C8H16.C8H14/c1-7-6-8(2)10(4)11(5)9(7)3;2*1-7-3-5-8(2)6-4-7/h6H,1-5H3;7-8H,3-6H2,1-2H3;8H,1,3-6H2,2H3. The highest BCUT2D eigenvalue weighted by molar-refractivity contribution is 5.42. The second-order valence-corrected chi connectivity index (χ2v) is 9.68. The third kappa shape index (κ3) is 8.67. The third-order valence-electron chi connectivity index (χ3n) is 7.03. The van der Waals surface area contributed by atoms with Crippen LogP contribution in [0.1, 0.15) is 100.0 Å². The van der Waals surface area contributed by atoms with E-state index in [1.54, 1.807) is 0 Å². The fraction of sp³-hybridized carbons (Fsp3) is 0.704. The smallest absolute Gasteiger partial charge is 0.0320 e. The molecule has 27 heavy (non-hydrogen) atoms. The predicted octanol–water partition coefficient (Wildman–Crippen LogP) is 8.81. The molecule has 0 aliphatic heterocycles. The van der Waals surface area contributed by atoms with E-state index in [0.29, 0.717) is 0 Å². The summed E-state index contributed by atoms with van der Waals surface area (Å²) in [7, 11) is 0. The molecule has 0 amide bonds. The molecule has 3 rings (SSSR count). The van der Waals surface area contributed by atoms with Crippen molar-refractivity contribution >= 4 is 0 Å². The maximum absolute atomic E-state index is 3.95. The molecule has 2 fully saturated rings. The Balaban J connectivity index is 0.000000206. The largest absolute Gasteiger partial charge is 0.0999 e. The third-order valence-corrected chi connectivity index (χ3v) is 7.03. The fourth-order valence-electron chi connectivity index (χ4n) is 4.01. The van der Waals surface area contributed by atoms with Crippen molar-refractivity contribution in [2.75, 3.05) is 0 Å². The van der Waals surface area contributed by atoms with Crippen molar-refractivity contribution < 1.29 is 0 Å². The number of hydrogen-bond acceptors (Lipinski definition) is 0. The van der Waals surface area contributed by atoms with Crippen molar-refractivity contribution in [2.45, 2.75) is 107 Å². The fourth-order valence-corrected chi connectivity index (χ4v) is 4.01. The van der Waals surface area contributed by atoms with E-state index in [1.807, 2.05) is 0 Å². The van der Waals surface area contributed by atoms with Crippen LogP contribution in [0.5, 0.6) is 0 Å². The van der Waals surface area contributed by atoms with Crippen LogP contribution in [0.2, 0.25) is 0 Å². The van der Waals surface area contributed by atoms with E-state index in [2.05, 4.69) is 68.0 Å². The molecule has 1 aromatic rings.